The van der Waals surface area contributed by atoms with Crippen LogP contribution in [0.4, 0.5) is 0 Å². The Morgan fingerprint density at radius 1 is 1.50 bits per heavy atom. The molecule has 1 aliphatic heterocycles. The van der Waals surface area contributed by atoms with Gasteiger partial charge in [0.2, 0.25) is 0 Å². The summed E-state index contributed by atoms with van der Waals surface area (Å²) in [6, 6.07) is 0. The molecule has 0 saturated carbocycles. The van der Waals surface area contributed by atoms with Crippen LogP contribution in [0.5, 0.6) is 0 Å². The van der Waals surface area contributed by atoms with Gasteiger partial charge >= 0.3 is 0 Å². The summed E-state index contributed by atoms with van der Waals surface area (Å²) in [6.07, 6.45) is 6.85. The van der Waals surface area contributed by atoms with Crippen molar-refractivity contribution in [3.05, 3.63) is 12.2 Å². The fraction of sp³-hybridized carbons (Fsp3) is 0.750. The number of epoxide rings is 1. The molecule has 10 heavy (non-hydrogen) atoms. The Labute approximate surface area is 61.5 Å². The van der Waals surface area contributed by atoms with E-state index < -0.39 is 0 Å². The summed E-state index contributed by atoms with van der Waals surface area (Å²) in [5.74, 6) is 0. The van der Waals surface area contributed by atoms with Crippen molar-refractivity contribution >= 4 is 0 Å². The minimum Gasteiger partial charge on any atom is -0.392 e. The smallest absolute Gasteiger partial charge is 0.0842 e. The van der Waals surface area contributed by atoms with Gasteiger partial charge in [0, 0.05) is 0 Å². The van der Waals surface area contributed by atoms with Crippen LogP contribution < -0.4 is 0 Å². The Morgan fingerprint density at radius 2 is 2.20 bits per heavy atom. The summed E-state index contributed by atoms with van der Waals surface area (Å²) in [5, 5.41) is 8.38. The fourth-order valence-corrected chi connectivity index (χ4v) is 0.986. The van der Waals surface area contributed by atoms with Crippen molar-refractivity contribution in [1.82, 2.24) is 0 Å². The maximum absolute atomic E-state index is 8.38. The second-order valence-electron chi connectivity index (χ2n) is 2.61. The molecule has 2 atom stereocenters. The third-order valence-corrected chi connectivity index (χ3v) is 1.73. The van der Waals surface area contributed by atoms with Gasteiger partial charge in [0.25, 0.3) is 0 Å². The second-order valence-corrected chi connectivity index (χ2v) is 2.61. The van der Waals surface area contributed by atoms with Gasteiger partial charge in [-0.25, -0.2) is 0 Å². The normalized spacial score (nSPS) is 31.4. The van der Waals surface area contributed by atoms with Gasteiger partial charge in [0.05, 0.1) is 18.8 Å². The van der Waals surface area contributed by atoms with E-state index in [0.717, 1.165) is 12.8 Å². The van der Waals surface area contributed by atoms with E-state index in [4.69, 9.17) is 9.84 Å². The number of aliphatic hydroxyl groups excluding tert-OH is 1. The van der Waals surface area contributed by atoms with E-state index in [1.807, 2.05) is 6.08 Å². The number of aliphatic hydroxyl groups is 1. The van der Waals surface area contributed by atoms with E-state index in [1.54, 1.807) is 6.08 Å². The van der Waals surface area contributed by atoms with Gasteiger partial charge in [0.15, 0.2) is 0 Å². The minimum atomic E-state index is 0.154. The Balaban J connectivity index is 1.91. The number of allylic oxidation sites excluding steroid dienone is 1. The molecule has 0 amide bonds. The van der Waals surface area contributed by atoms with Crippen LogP contribution in [-0.4, -0.2) is 23.9 Å². The lowest BCUT2D eigenvalue weighted by Gasteiger charge is -1.86. The summed E-state index contributed by atoms with van der Waals surface area (Å²) in [6.45, 7) is 2.24. The number of rotatable bonds is 4. The molecule has 2 heteroatoms. The number of hydrogen-bond acceptors (Lipinski definition) is 2. The largest absolute Gasteiger partial charge is 0.392 e. The number of ether oxygens (including phenoxy) is 1. The van der Waals surface area contributed by atoms with E-state index in [0.29, 0.717) is 12.2 Å². The molecular formula is C8H14O2. The lowest BCUT2D eigenvalue weighted by Crippen LogP contribution is -1.87. The second kappa shape index (κ2) is 3.74. The molecule has 1 fully saturated rings. The van der Waals surface area contributed by atoms with Crippen LogP contribution in [0.3, 0.4) is 0 Å². The van der Waals surface area contributed by atoms with Crippen LogP contribution in [0, 0.1) is 0 Å². The van der Waals surface area contributed by atoms with Crippen molar-refractivity contribution in [3.63, 3.8) is 0 Å². The third kappa shape index (κ3) is 2.50. The van der Waals surface area contributed by atoms with Gasteiger partial charge in [-0.3, -0.25) is 0 Å². The molecule has 0 aromatic carbocycles. The molecule has 0 aliphatic carbocycles. The molecule has 1 heterocycles. The summed E-state index contributed by atoms with van der Waals surface area (Å²) < 4.78 is 5.20. The Kier molecular flexibility index (Phi) is 2.90. The molecule has 1 aliphatic rings. The standard InChI is InChI=1S/C8H14O2/c1-7-8(10-7)5-3-2-4-6-9/h2,4,7-9H,3,5-6H2,1H3/b4-2+. The van der Waals surface area contributed by atoms with Gasteiger partial charge in [0.1, 0.15) is 0 Å². The minimum absolute atomic E-state index is 0.154. The zero-order valence-electron chi connectivity index (χ0n) is 6.29. The topological polar surface area (TPSA) is 32.8 Å². The Morgan fingerprint density at radius 3 is 2.70 bits per heavy atom. The summed E-state index contributed by atoms with van der Waals surface area (Å²) in [5.41, 5.74) is 0. The van der Waals surface area contributed by atoms with Gasteiger partial charge in [-0.1, -0.05) is 12.2 Å². The Hall–Kier alpha value is -0.340. The van der Waals surface area contributed by atoms with Crippen molar-refractivity contribution < 1.29 is 9.84 Å². The van der Waals surface area contributed by atoms with E-state index in [9.17, 15) is 0 Å². The summed E-state index contributed by atoms with van der Waals surface area (Å²) in [4.78, 5) is 0. The quantitative estimate of drug-likeness (QED) is 0.471. The van der Waals surface area contributed by atoms with Gasteiger partial charge in [-0.05, 0) is 19.8 Å². The SMILES string of the molecule is CC1OC1CC/C=C/CO. The third-order valence-electron chi connectivity index (χ3n) is 1.73. The van der Waals surface area contributed by atoms with Gasteiger partial charge in [-0.2, -0.15) is 0 Å². The molecule has 2 unspecified atom stereocenters. The van der Waals surface area contributed by atoms with Crippen molar-refractivity contribution in [2.75, 3.05) is 6.61 Å². The molecular weight excluding hydrogens is 128 g/mol. The van der Waals surface area contributed by atoms with E-state index in [2.05, 4.69) is 6.92 Å². The highest BCUT2D eigenvalue weighted by atomic mass is 16.6. The average Bonchev–Trinajstić information content (AvgIpc) is 2.60. The monoisotopic (exact) mass is 142 g/mol. The predicted octanol–water partition coefficient (Wildman–Crippen LogP) is 1.10. The maximum atomic E-state index is 8.38. The Bertz CT molecular complexity index is 120. The van der Waals surface area contributed by atoms with Gasteiger partial charge < -0.3 is 9.84 Å². The fourth-order valence-electron chi connectivity index (χ4n) is 0.986. The predicted molar refractivity (Wildman–Crippen MR) is 39.8 cm³/mol. The first-order chi connectivity index (χ1) is 4.84. The molecule has 1 rings (SSSR count). The number of hydrogen-bond donors (Lipinski definition) is 1. The van der Waals surface area contributed by atoms with Crippen LogP contribution in [0.25, 0.3) is 0 Å². The lowest BCUT2D eigenvalue weighted by atomic mass is 10.2. The van der Waals surface area contributed by atoms with Crippen LogP contribution in [0.2, 0.25) is 0 Å². The highest BCUT2D eigenvalue weighted by molar-refractivity contribution is 4.86. The molecule has 2 nitrogen and oxygen atoms in total. The van der Waals surface area contributed by atoms with Crippen LogP contribution in [-0.2, 0) is 4.74 Å². The first-order valence-corrected chi connectivity index (χ1v) is 3.76. The molecule has 58 valence electrons. The molecule has 0 aromatic heterocycles. The molecule has 0 bridgehead atoms. The van der Waals surface area contributed by atoms with Gasteiger partial charge in [-0.15, -0.1) is 0 Å². The van der Waals surface area contributed by atoms with Crippen LogP contribution in [0.15, 0.2) is 12.2 Å². The van der Waals surface area contributed by atoms with Crippen molar-refractivity contribution in [2.45, 2.75) is 32.0 Å². The summed E-state index contributed by atoms with van der Waals surface area (Å²) >= 11 is 0. The summed E-state index contributed by atoms with van der Waals surface area (Å²) in [7, 11) is 0. The molecule has 1 N–H and O–H groups in total. The van der Waals surface area contributed by atoms with Crippen LogP contribution >= 0.6 is 0 Å². The van der Waals surface area contributed by atoms with E-state index in [-0.39, 0.29) is 6.61 Å². The van der Waals surface area contributed by atoms with Crippen molar-refractivity contribution in [1.29, 1.82) is 0 Å². The zero-order chi connectivity index (χ0) is 7.40. The van der Waals surface area contributed by atoms with E-state index >= 15 is 0 Å². The first-order valence-electron chi connectivity index (χ1n) is 3.76. The highest BCUT2D eigenvalue weighted by Crippen LogP contribution is 2.25. The first kappa shape index (κ1) is 7.76. The molecule has 0 radical (unpaired) electrons. The molecule has 1 saturated heterocycles. The van der Waals surface area contributed by atoms with E-state index in [1.165, 1.54) is 0 Å². The zero-order valence-corrected chi connectivity index (χ0v) is 6.29. The van der Waals surface area contributed by atoms with Crippen molar-refractivity contribution in [2.24, 2.45) is 0 Å². The van der Waals surface area contributed by atoms with Crippen LogP contribution in [0.1, 0.15) is 19.8 Å². The molecule has 0 aromatic rings. The maximum Gasteiger partial charge on any atom is 0.0842 e. The lowest BCUT2D eigenvalue weighted by molar-refractivity contribution is 0.342. The molecule has 0 spiro atoms. The highest BCUT2D eigenvalue weighted by Gasteiger charge is 2.32. The van der Waals surface area contributed by atoms with Crippen molar-refractivity contribution in [3.8, 4) is 0 Å². The average molecular weight is 142 g/mol.